The van der Waals surface area contributed by atoms with Crippen molar-refractivity contribution in [2.45, 2.75) is 32.9 Å². The molecule has 0 radical (unpaired) electrons. The van der Waals surface area contributed by atoms with Gasteiger partial charge in [0.25, 0.3) is 5.56 Å². The zero-order valence-corrected chi connectivity index (χ0v) is 17.6. The summed E-state index contributed by atoms with van der Waals surface area (Å²) in [6.45, 7) is 4.02. The fraction of sp³-hybridized carbons (Fsp3) is 0.208. The van der Waals surface area contributed by atoms with Gasteiger partial charge in [-0.15, -0.1) is 11.3 Å². The molecule has 150 valence electrons. The van der Waals surface area contributed by atoms with E-state index in [-0.39, 0.29) is 24.1 Å². The predicted octanol–water partition coefficient (Wildman–Crippen LogP) is 4.41. The second-order valence-electron chi connectivity index (χ2n) is 7.70. The summed E-state index contributed by atoms with van der Waals surface area (Å²) in [7, 11) is 0. The normalized spacial score (nSPS) is 15.5. The second kappa shape index (κ2) is 7.22. The lowest BCUT2D eigenvalue weighted by molar-refractivity contribution is -0.119. The number of carbonyl (C=O) groups is 1. The average Bonchev–Trinajstić information content (AvgIpc) is 3.26. The minimum Gasteiger partial charge on any atom is -0.307 e. The minimum atomic E-state index is -0.170. The van der Waals surface area contributed by atoms with Gasteiger partial charge in [-0.05, 0) is 37.5 Å². The highest BCUT2D eigenvalue weighted by Gasteiger charge is 2.31. The summed E-state index contributed by atoms with van der Waals surface area (Å²) in [5.41, 5.74) is 3.84. The number of anilines is 1. The molecule has 5 rings (SSSR count). The van der Waals surface area contributed by atoms with Gasteiger partial charge in [-0.25, -0.2) is 4.98 Å². The van der Waals surface area contributed by atoms with Crippen molar-refractivity contribution >= 4 is 33.1 Å². The molecule has 0 fully saturated rings. The number of hydrogen-bond donors (Lipinski definition) is 0. The van der Waals surface area contributed by atoms with Crippen LogP contribution < -0.4 is 10.5 Å². The molecule has 1 aliphatic rings. The summed E-state index contributed by atoms with van der Waals surface area (Å²) >= 11 is 1.51. The molecular formula is C24H21N3O2S. The van der Waals surface area contributed by atoms with Crippen LogP contribution >= 0.6 is 11.3 Å². The Morgan fingerprint density at radius 3 is 2.67 bits per heavy atom. The molecule has 5 nitrogen and oxygen atoms in total. The van der Waals surface area contributed by atoms with Crippen molar-refractivity contribution in [3.05, 3.63) is 81.7 Å². The van der Waals surface area contributed by atoms with Crippen molar-refractivity contribution in [2.75, 3.05) is 4.90 Å². The maximum atomic E-state index is 13.4. The van der Waals surface area contributed by atoms with Crippen molar-refractivity contribution in [2.24, 2.45) is 0 Å². The Kier molecular flexibility index (Phi) is 4.51. The second-order valence-corrected chi connectivity index (χ2v) is 8.91. The zero-order chi connectivity index (χ0) is 20.8. The van der Waals surface area contributed by atoms with E-state index in [4.69, 9.17) is 0 Å². The summed E-state index contributed by atoms with van der Waals surface area (Å²) < 4.78 is 1.44. The Labute approximate surface area is 178 Å². The highest BCUT2D eigenvalue weighted by Crippen LogP contribution is 2.35. The number of benzene rings is 2. The van der Waals surface area contributed by atoms with Crippen molar-refractivity contribution in [3.63, 3.8) is 0 Å². The average molecular weight is 416 g/mol. The number of nitrogens with zero attached hydrogens (tertiary/aromatic N) is 3. The summed E-state index contributed by atoms with van der Waals surface area (Å²) in [5, 5.41) is 0.592. The molecule has 0 bridgehead atoms. The van der Waals surface area contributed by atoms with E-state index < -0.39 is 0 Å². The molecule has 6 heteroatoms. The van der Waals surface area contributed by atoms with Gasteiger partial charge in [0.15, 0.2) is 0 Å². The summed E-state index contributed by atoms with van der Waals surface area (Å²) in [6.07, 6.45) is 2.33. The molecule has 0 N–H and O–H groups in total. The van der Waals surface area contributed by atoms with E-state index in [0.29, 0.717) is 10.2 Å². The highest BCUT2D eigenvalue weighted by atomic mass is 32.1. The van der Waals surface area contributed by atoms with E-state index in [1.165, 1.54) is 27.8 Å². The van der Waals surface area contributed by atoms with Gasteiger partial charge in [0.2, 0.25) is 5.91 Å². The number of rotatable bonds is 3. The smallest absolute Gasteiger partial charge is 0.263 e. The molecule has 0 aliphatic carbocycles. The highest BCUT2D eigenvalue weighted by molar-refractivity contribution is 7.19. The fourth-order valence-corrected chi connectivity index (χ4v) is 5.37. The van der Waals surface area contributed by atoms with E-state index in [1.54, 1.807) is 0 Å². The molecule has 0 spiro atoms. The maximum absolute atomic E-state index is 13.4. The molecule has 0 unspecified atom stereocenters. The summed E-state index contributed by atoms with van der Waals surface area (Å²) in [6, 6.07) is 17.9. The van der Waals surface area contributed by atoms with Gasteiger partial charge in [0.05, 0.1) is 11.7 Å². The standard InChI is InChI=1S/C24H21N3O2S/c1-15-12-18-10-6-7-11-19(18)27(15)20(28)13-26-14-25-23-22(24(26)29)21(16(2)30-23)17-8-4-3-5-9-17/h3-11,14-15H,12-13H2,1-2H3/t15-/m0/s1. The van der Waals surface area contributed by atoms with Gasteiger partial charge in [-0.2, -0.15) is 0 Å². The van der Waals surface area contributed by atoms with Gasteiger partial charge in [-0.1, -0.05) is 48.5 Å². The van der Waals surface area contributed by atoms with Crippen molar-refractivity contribution < 1.29 is 4.79 Å². The van der Waals surface area contributed by atoms with Crippen LogP contribution in [0.1, 0.15) is 17.4 Å². The predicted molar refractivity (Wildman–Crippen MR) is 121 cm³/mol. The topological polar surface area (TPSA) is 55.2 Å². The van der Waals surface area contributed by atoms with E-state index in [0.717, 1.165) is 28.1 Å². The summed E-state index contributed by atoms with van der Waals surface area (Å²) in [5.74, 6) is -0.0936. The van der Waals surface area contributed by atoms with Crippen LogP contribution in [0.2, 0.25) is 0 Å². The van der Waals surface area contributed by atoms with Crippen LogP contribution in [-0.4, -0.2) is 21.5 Å². The first-order valence-corrected chi connectivity index (χ1v) is 10.8. The lowest BCUT2D eigenvalue weighted by Crippen LogP contribution is -2.40. The summed E-state index contributed by atoms with van der Waals surface area (Å²) in [4.78, 5) is 34.6. The lowest BCUT2D eigenvalue weighted by Gasteiger charge is -2.23. The van der Waals surface area contributed by atoms with Crippen LogP contribution in [0.15, 0.2) is 65.7 Å². The van der Waals surface area contributed by atoms with Crippen LogP contribution in [0.4, 0.5) is 5.69 Å². The molecular weight excluding hydrogens is 394 g/mol. The molecule has 1 aliphatic heterocycles. The molecule has 2 aromatic heterocycles. The number of para-hydroxylation sites is 1. The number of fused-ring (bicyclic) bond motifs is 2. The third kappa shape index (κ3) is 2.95. The quantitative estimate of drug-likeness (QED) is 0.498. The Morgan fingerprint density at radius 2 is 1.87 bits per heavy atom. The van der Waals surface area contributed by atoms with Gasteiger partial charge < -0.3 is 4.90 Å². The molecule has 3 heterocycles. The first-order valence-electron chi connectivity index (χ1n) is 9.98. The molecule has 2 aromatic carbocycles. The maximum Gasteiger partial charge on any atom is 0.263 e. The Hall–Kier alpha value is -3.25. The molecule has 0 saturated carbocycles. The molecule has 4 aromatic rings. The first kappa shape index (κ1) is 18.8. The number of hydrogen-bond acceptors (Lipinski definition) is 4. The van der Waals surface area contributed by atoms with Crippen molar-refractivity contribution in [3.8, 4) is 11.1 Å². The largest absolute Gasteiger partial charge is 0.307 e. The molecule has 30 heavy (non-hydrogen) atoms. The van der Waals surface area contributed by atoms with Crippen LogP contribution in [0.25, 0.3) is 21.3 Å². The van der Waals surface area contributed by atoms with Gasteiger partial charge in [-0.3, -0.25) is 14.2 Å². The Bertz CT molecular complexity index is 1320. The Balaban J connectivity index is 1.56. The van der Waals surface area contributed by atoms with E-state index >= 15 is 0 Å². The van der Waals surface area contributed by atoms with Crippen LogP contribution in [0.5, 0.6) is 0 Å². The Morgan fingerprint density at radius 1 is 1.13 bits per heavy atom. The van der Waals surface area contributed by atoms with Crippen molar-refractivity contribution in [1.29, 1.82) is 0 Å². The van der Waals surface area contributed by atoms with Crippen LogP contribution in [0.3, 0.4) is 0 Å². The minimum absolute atomic E-state index is 0.0242. The van der Waals surface area contributed by atoms with Crippen LogP contribution in [0, 0.1) is 6.92 Å². The van der Waals surface area contributed by atoms with Gasteiger partial charge in [0.1, 0.15) is 11.4 Å². The zero-order valence-electron chi connectivity index (χ0n) is 16.8. The fourth-order valence-electron chi connectivity index (χ4n) is 4.37. The number of aromatic nitrogens is 2. The monoisotopic (exact) mass is 415 g/mol. The van der Waals surface area contributed by atoms with Crippen molar-refractivity contribution in [1.82, 2.24) is 9.55 Å². The lowest BCUT2D eigenvalue weighted by atomic mass is 10.0. The van der Waals surface area contributed by atoms with E-state index in [1.807, 2.05) is 67.3 Å². The third-order valence-corrected chi connectivity index (χ3v) is 6.71. The van der Waals surface area contributed by atoms with Gasteiger partial charge >= 0.3 is 0 Å². The number of amides is 1. The molecule has 1 atom stereocenters. The SMILES string of the molecule is Cc1sc2ncn(CC(=O)N3c4ccccc4C[C@@H]3C)c(=O)c2c1-c1ccccc1. The van der Waals surface area contributed by atoms with E-state index in [9.17, 15) is 9.59 Å². The third-order valence-electron chi connectivity index (χ3n) is 5.70. The molecule has 0 saturated heterocycles. The van der Waals surface area contributed by atoms with Gasteiger partial charge in [0, 0.05) is 22.2 Å². The number of aryl methyl sites for hydroxylation is 1. The first-order chi connectivity index (χ1) is 14.5. The van der Waals surface area contributed by atoms with E-state index in [2.05, 4.69) is 11.1 Å². The molecule has 1 amide bonds. The number of thiophene rings is 1. The number of carbonyl (C=O) groups excluding carboxylic acids is 1. The van der Waals surface area contributed by atoms with Crippen LogP contribution in [-0.2, 0) is 17.8 Å².